The molecule has 0 saturated carbocycles. The predicted molar refractivity (Wildman–Crippen MR) is 79.1 cm³/mol. The van der Waals surface area contributed by atoms with Crippen LogP contribution in [0, 0.1) is 15.5 Å². The van der Waals surface area contributed by atoms with Crippen LogP contribution in [0.5, 0.6) is 0 Å². The number of benzene rings is 1. The van der Waals surface area contributed by atoms with Crippen molar-refractivity contribution in [2.75, 3.05) is 18.4 Å². The van der Waals surface area contributed by atoms with Crippen LogP contribution in [0.25, 0.3) is 0 Å². The second kappa shape index (κ2) is 6.56. The molecule has 0 unspecified atom stereocenters. The van der Waals surface area contributed by atoms with E-state index in [-0.39, 0.29) is 11.6 Å². The number of nitrogens with zero attached hydrogens (tertiary/aromatic N) is 1. The summed E-state index contributed by atoms with van der Waals surface area (Å²) in [7, 11) is 0. The zero-order valence-electron chi connectivity index (χ0n) is 11.7. The molecule has 6 nitrogen and oxygen atoms in total. The number of amides is 1. The van der Waals surface area contributed by atoms with Crippen molar-refractivity contribution < 1.29 is 9.72 Å². The highest BCUT2D eigenvalue weighted by molar-refractivity contribution is 6.30. The number of nitro groups is 1. The monoisotopic (exact) mass is 299 g/mol. The van der Waals surface area contributed by atoms with Gasteiger partial charge in [0.1, 0.15) is 5.69 Å². The molecule has 1 aromatic carbocycles. The molecule has 0 fully saturated rings. The summed E-state index contributed by atoms with van der Waals surface area (Å²) < 4.78 is 0. The average molecular weight is 300 g/mol. The maximum absolute atomic E-state index is 11.6. The number of carbonyl (C=O) groups excluding carboxylic acids is 1. The molecule has 1 aromatic rings. The summed E-state index contributed by atoms with van der Waals surface area (Å²) in [5.41, 5.74) is -0.157. The maximum Gasteiger partial charge on any atom is 0.293 e. The first-order chi connectivity index (χ1) is 9.21. The van der Waals surface area contributed by atoms with Gasteiger partial charge in [-0.25, -0.2) is 0 Å². The maximum atomic E-state index is 11.6. The van der Waals surface area contributed by atoms with Crippen molar-refractivity contribution in [3.05, 3.63) is 33.3 Å². The van der Waals surface area contributed by atoms with Gasteiger partial charge in [0.2, 0.25) is 5.91 Å². The van der Waals surface area contributed by atoms with E-state index in [0.29, 0.717) is 23.8 Å². The Morgan fingerprint density at radius 1 is 1.35 bits per heavy atom. The second-order valence-electron chi connectivity index (χ2n) is 5.35. The molecule has 0 saturated heterocycles. The van der Waals surface area contributed by atoms with Crippen LogP contribution in [0.3, 0.4) is 0 Å². The molecule has 110 valence electrons. The van der Waals surface area contributed by atoms with Gasteiger partial charge in [0.05, 0.1) is 4.92 Å². The van der Waals surface area contributed by atoms with Crippen molar-refractivity contribution in [1.29, 1.82) is 0 Å². The molecule has 0 atom stereocenters. The number of rotatable bonds is 5. The van der Waals surface area contributed by atoms with Crippen LogP contribution in [-0.4, -0.2) is 23.9 Å². The lowest BCUT2D eigenvalue weighted by molar-refractivity contribution is -0.383. The summed E-state index contributed by atoms with van der Waals surface area (Å²) in [4.78, 5) is 22.0. The normalized spacial score (nSPS) is 11.0. The van der Waals surface area contributed by atoms with E-state index >= 15 is 0 Å². The summed E-state index contributed by atoms with van der Waals surface area (Å²) in [6.45, 7) is 6.24. The molecular formula is C13H18ClN3O3. The van der Waals surface area contributed by atoms with Gasteiger partial charge in [-0.2, -0.15) is 0 Å². The first kappa shape index (κ1) is 16.2. The topological polar surface area (TPSA) is 84.3 Å². The van der Waals surface area contributed by atoms with E-state index in [2.05, 4.69) is 10.6 Å². The van der Waals surface area contributed by atoms with Crippen molar-refractivity contribution in [2.24, 2.45) is 5.41 Å². The standard InChI is InChI=1S/C13H18ClN3O3/c1-13(2,3)12(18)16-7-6-15-10-5-4-9(14)8-11(10)17(19)20/h4-5,8,15H,6-7H2,1-3H3,(H,16,18). The average Bonchev–Trinajstić information content (AvgIpc) is 2.34. The number of nitro benzene ring substituents is 1. The number of nitrogens with one attached hydrogen (secondary N) is 2. The molecule has 0 aliphatic rings. The van der Waals surface area contributed by atoms with Gasteiger partial charge in [-0.05, 0) is 12.1 Å². The quantitative estimate of drug-likeness (QED) is 0.497. The fourth-order valence-corrected chi connectivity index (χ4v) is 1.61. The Morgan fingerprint density at radius 3 is 2.55 bits per heavy atom. The molecule has 0 bridgehead atoms. The van der Waals surface area contributed by atoms with E-state index in [0.717, 1.165) is 0 Å². The number of carbonyl (C=O) groups is 1. The smallest absolute Gasteiger partial charge is 0.293 e. The van der Waals surface area contributed by atoms with Crippen molar-refractivity contribution in [3.8, 4) is 0 Å². The van der Waals surface area contributed by atoms with Crippen LogP contribution in [0.4, 0.5) is 11.4 Å². The van der Waals surface area contributed by atoms with Crippen molar-refractivity contribution >= 4 is 28.9 Å². The lowest BCUT2D eigenvalue weighted by Crippen LogP contribution is -2.37. The number of anilines is 1. The third-order valence-corrected chi connectivity index (χ3v) is 2.80. The molecule has 0 aliphatic heterocycles. The molecule has 1 rings (SSSR count). The van der Waals surface area contributed by atoms with Gasteiger partial charge < -0.3 is 10.6 Å². The first-order valence-corrected chi connectivity index (χ1v) is 6.55. The summed E-state index contributed by atoms with van der Waals surface area (Å²) in [6.07, 6.45) is 0. The van der Waals surface area contributed by atoms with E-state index in [1.807, 2.05) is 20.8 Å². The molecule has 0 aromatic heterocycles. The summed E-state index contributed by atoms with van der Waals surface area (Å²) in [6, 6.07) is 4.41. The van der Waals surface area contributed by atoms with Crippen LogP contribution in [0.15, 0.2) is 18.2 Å². The first-order valence-electron chi connectivity index (χ1n) is 6.18. The van der Waals surface area contributed by atoms with Crippen molar-refractivity contribution in [1.82, 2.24) is 5.32 Å². The highest BCUT2D eigenvalue weighted by atomic mass is 35.5. The van der Waals surface area contributed by atoms with E-state index in [1.54, 1.807) is 12.1 Å². The molecule has 1 amide bonds. The van der Waals surface area contributed by atoms with Gasteiger partial charge in [0.15, 0.2) is 0 Å². The van der Waals surface area contributed by atoms with E-state index in [1.165, 1.54) is 6.07 Å². The van der Waals surface area contributed by atoms with Gasteiger partial charge in [-0.3, -0.25) is 14.9 Å². The Bertz CT molecular complexity index is 512. The lowest BCUT2D eigenvalue weighted by Gasteiger charge is -2.17. The van der Waals surface area contributed by atoms with Gasteiger partial charge >= 0.3 is 0 Å². The Labute approximate surface area is 122 Å². The van der Waals surface area contributed by atoms with Crippen LogP contribution in [0.2, 0.25) is 5.02 Å². The largest absolute Gasteiger partial charge is 0.378 e. The molecule has 7 heteroatoms. The number of hydrogen-bond acceptors (Lipinski definition) is 4. The predicted octanol–water partition coefficient (Wildman–Crippen LogP) is 2.82. The third kappa shape index (κ3) is 4.70. The Hall–Kier alpha value is -1.82. The summed E-state index contributed by atoms with van der Waals surface area (Å²) >= 11 is 5.72. The zero-order chi connectivity index (χ0) is 15.3. The van der Waals surface area contributed by atoms with Crippen molar-refractivity contribution in [2.45, 2.75) is 20.8 Å². The third-order valence-electron chi connectivity index (χ3n) is 2.56. The summed E-state index contributed by atoms with van der Waals surface area (Å²) in [5.74, 6) is -0.0649. The van der Waals surface area contributed by atoms with Crippen LogP contribution in [0.1, 0.15) is 20.8 Å². The van der Waals surface area contributed by atoms with Gasteiger partial charge in [0, 0.05) is 29.6 Å². The molecule has 0 heterocycles. The fraction of sp³-hybridized carbons (Fsp3) is 0.462. The minimum Gasteiger partial charge on any atom is -0.378 e. The highest BCUT2D eigenvalue weighted by Gasteiger charge is 2.20. The second-order valence-corrected chi connectivity index (χ2v) is 5.79. The van der Waals surface area contributed by atoms with Crippen LogP contribution < -0.4 is 10.6 Å². The highest BCUT2D eigenvalue weighted by Crippen LogP contribution is 2.27. The molecular weight excluding hydrogens is 282 g/mol. The van der Waals surface area contributed by atoms with Crippen LogP contribution in [-0.2, 0) is 4.79 Å². The molecule has 0 aliphatic carbocycles. The van der Waals surface area contributed by atoms with Gasteiger partial charge in [-0.15, -0.1) is 0 Å². The fourth-order valence-electron chi connectivity index (χ4n) is 1.44. The minimum atomic E-state index is -0.498. The van der Waals surface area contributed by atoms with Gasteiger partial charge in [-0.1, -0.05) is 32.4 Å². The Morgan fingerprint density at radius 2 is 2.00 bits per heavy atom. The molecule has 20 heavy (non-hydrogen) atoms. The lowest BCUT2D eigenvalue weighted by atomic mass is 9.96. The minimum absolute atomic E-state index is 0.0649. The number of halogens is 1. The summed E-state index contributed by atoms with van der Waals surface area (Å²) in [5, 5.41) is 16.9. The van der Waals surface area contributed by atoms with E-state index in [9.17, 15) is 14.9 Å². The number of hydrogen-bond donors (Lipinski definition) is 2. The van der Waals surface area contributed by atoms with Gasteiger partial charge in [0.25, 0.3) is 5.69 Å². The van der Waals surface area contributed by atoms with E-state index in [4.69, 9.17) is 11.6 Å². The van der Waals surface area contributed by atoms with Crippen molar-refractivity contribution in [3.63, 3.8) is 0 Å². The van der Waals surface area contributed by atoms with E-state index < -0.39 is 10.3 Å². The molecule has 0 radical (unpaired) electrons. The molecule has 0 spiro atoms. The molecule has 2 N–H and O–H groups in total. The Balaban J connectivity index is 2.55. The SMILES string of the molecule is CC(C)(C)C(=O)NCCNc1ccc(Cl)cc1[N+](=O)[O-]. The Kier molecular flexibility index (Phi) is 5.33. The van der Waals surface area contributed by atoms with Crippen LogP contribution >= 0.6 is 11.6 Å². The zero-order valence-corrected chi connectivity index (χ0v) is 12.5.